The molecule has 148 valence electrons. The summed E-state index contributed by atoms with van der Waals surface area (Å²) in [6.45, 7) is 3.46. The summed E-state index contributed by atoms with van der Waals surface area (Å²) in [6.07, 6.45) is 1.39. The third-order valence-electron chi connectivity index (χ3n) is 5.27. The third kappa shape index (κ3) is 5.67. The highest BCUT2D eigenvalue weighted by atomic mass is 16.4. The van der Waals surface area contributed by atoms with E-state index in [1.165, 1.54) is 0 Å². The standard InChI is InChI=1S/C23H28N2O3/c1-17-12-20(23(27)28)15-25(14-17)16-22(26)24-21(19-10-6-3-7-11-19)13-18-8-4-2-5-9-18/h2-11,17,20-21H,12-16H2,1H3,(H,24,26)(H,27,28). The van der Waals surface area contributed by atoms with Crippen molar-refractivity contribution in [2.45, 2.75) is 25.8 Å². The first-order valence-electron chi connectivity index (χ1n) is 9.84. The van der Waals surface area contributed by atoms with Gasteiger partial charge in [0.05, 0.1) is 18.5 Å². The molecule has 2 aromatic rings. The topological polar surface area (TPSA) is 69.6 Å². The molecular weight excluding hydrogens is 352 g/mol. The molecule has 0 bridgehead atoms. The molecule has 2 N–H and O–H groups in total. The zero-order valence-electron chi connectivity index (χ0n) is 16.3. The van der Waals surface area contributed by atoms with Gasteiger partial charge in [-0.1, -0.05) is 67.6 Å². The van der Waals surface area contributed by atoms with Crippen molar-refractivity contribution in [3.8, 4) is 0 Å². The Morgan fingerprint density at radius 1 is 1.07 bits per heavy atom. The van der Waals surface area contributed by atoms with Gasteiger partial charge in [-0.05, 0) is 29.9 Å². The van der Waals surface area contributed by atoms with E-state index in [2.05, 4.69) is 17.4 Å². The van der Waals surface area contributed by atoms with Gasteiger partial charge in [-0.25, -0.2) is 0 Å². The predicted octanol–water partition coefficient (Wildman–Crippen LogP) is 3.13. The van der Waals surface area contributed by atoms with Gasteiger partial charge in [0, 0.05) is 13.1 Å². The number of aliphatic carboxylic acids is 1. The van der Waals surface area contributed by atoms with Crippen LogP contribution in [0.1, 0.15) is 30.5 Å². The van der Waals surface area contributed by atoms with Crippen LogP contribution in [-0.4, -0.2) is 41.5 Å². The number of nitrogens with zero attached hydrogens (tertiary/aromatic N) is 1. The van der Waals surface area contributed by atoms with Gasteiger partial charge in [-0.2, -0.15) is 0 Å². The number of carbonyl (C=O) groups is 2. The molecule has 1 aliphatic heterocycles. The average Bonchev–Trinajstić information content (AvgIpc) is 2.68. The number of nitrogens with one attached hydrogen (secondary N) is 1. The van der Waals surface area contributed by atoms with E-state index >= 15 is 0 Å². The number of rotatable bonds is 7. The lowest BCUT2D eigenvalue weighted by atomic mass is 9.90. The van der Waals surface area contributed by atoms with Gasteiger partial charge in [-0.3, -0.25) is 14.5 Å². The van der Waals surface area contributed by atoms with Gasteiger partial charge < -0.3 is 10.4 Å². The van der Waals surface area contributed by atoms with Crippen LogP contribution in [0.2, 0.25) is 0 Å². The largest absolute Gasteiger partial charge is 0.481 e. The lowest BCUT2D eigenvalue weighted by Gasteiger charge is -2.34. The number of carboxylic acids is 1. The Balaban J connectivity index is 1.66. The van der Waals surface area contributed by atoms with Crippen molar-refractivity contribution in [2.24, 2.45) is 11.8 Å². The number of carbonyl (C=O) groups excluding carboxylic acids is 1. The minimum absolute atomic E-state index is 0.0666. The zero-order chi connectivity index (χ0) is 19.9. The molecule has 28 heavy (non-hydrogen) atoms. The second kappa shape index (κ2) is 9.51. The highest BCUT2D eigenvalue weighted by Crippen LogP contribution is 2.22. The summed E-state index contributed by atoms with van der Waals surface area (Å²) in [5.41, 5.74) is 2.23. The van der Waals surface area contributed by atoms with Crippen LogP contribution in [0.15, 0.2) is 60.7 Å². The first-order valence-corrected chi connectivity index (χ1v) is 9.84. The number of likely N-dealkylation sites (tertiary alicyclic amines) is 1. The molecule has 0 aromatic heterocycles. The van der Waals surface area contributed by atoms with Gasteiger partial charge >= 0.3 is 5.97 Å². The maximum atomic E-state index is 12.8. The van der Waals surface area contributed by atoms with Gasteiger partial charge in [0.15, 0.2) is 0 Å². The Hall–Kier alpha value is -2.66. The molecule has 1 aliphatic rings. The second-order valence-corrected chi connectivity index (χ2v) is 7.79. The van der Waals surface area contributed by atoms with E-state index in [-0.39, 0.29) is 24.4 Å². The van der Waals surface area contributed by atoms with Crippen molar-refractivity contribution in [2.75, 3.05) is 19.6 Å². The Bertz CT molecular complexity index is 779. The number of benzene rings is 2. The number of amides is 1. The van der Waals surface area contributed by atoms with Crippen LogP contribution in [0.5, 0.6) is 0 Å². The van der Waals surface area contributed by atoms with Crippen LogP contribution in [-0.2, 0) is 16.0 Å². The Labute approximate surface area is 166 Å². The van der Waals surface area contributed by atoms with Crippen LogP contribution < -0.4 is 5.32 Å². The molecule has 2 aromatic carbocycles. The molecule has 0 aliphatic carbocycles. The van der Waals surface area contributed by atoms with Crippen LogP contribution in [0.25, 0.3) is 0 Å². The maximum absolute atomic E-state index is 12.8. The first-order chi connectivity index (χ1) is 13.5. The Kier molecular flexibility index (Phi) is 6.82. The van der Waals surface area contributed by atoms with Crippen molar-refractivity contribution < 1.29 is 14.7 Å². The van der Waals surface area contributed by atoms with E-state index in [1.54, 1.807) is 0 Å². The fraction of sp³-hybridized carbons (Fsp3) is 0.391. The molecule has 1 saturated heterocycles. The molecule has 1 heterocycles. The average molecular weight is 380 g/mol. The van der Waals surface area contributed by atoms with E-state index in [1.807, 2.05) is 60.4 Å². The summed E-state index contributed by atoms with van der Waals surface area (Å²) in [5, 5.41) is 12.5. The Morgan fingerprint density at radius 2 is 1.71 bits per heavy atom. The fourth-order valence-corrected chi connectivity index (χ4v) is 4.00. The lowest BCUT2D eigenvalue weighted by molar-refractivity contribution is -0.145. The molecule has 5 heteroatoms. The van der Waals surface area contributed by atoms with E-state index in [9.17, 15) is 14.7 Å². The number of carboxylic acid groups (broad SMARTS) is 1. The number of hydrogen-bond acceptors (Lipinski definition) is 3. The highest BCUT2D eigenvalue weighted by molar-refractivity contribution is 5.79. The second-order valence-electron chi connectivity index (χ2n) is 7.79. The van der Waals surface area contributed by atoms with Crippen molar-refractivity contribution in [1.29, 1.82) is 0 Å². The van der Waals surface area contributed by atoms with Crippen LogP contribution in [0, 0.1) is 11.8 Å². The third-order valence-corrected chi connectivity index (χ3v) is 5.27. The summed E-state index contributed by atoms with van der Waals surface area (Å²) in [5.74, 6) is -0.964. The van der Waals surface area contributed by atoms with E-state index in [4.69, 9.17) is 0 Å². The normalized spacial score (nSPS) is 21.0. The van der Waals surface area contributed by atoms with Crippen molar-refractivity contribution >= 4 is 11.9 Å². The van der Waals surface area contributed by atoms with Crippen LogP contribution in [0.4, 0.5) is 0 Å². The molecule has 5 nitrogen and oxygen atoms in total. The molecule has 3 atom stereocenters. The highest BCUT2D eigenvalue weighted by Gasteiger charge is 2.30. The van der Waals surface area contributed by atoms with Gasteiger partial charge in [0.2, 0.25) is 5.91 Å². The van der Waals surface area contributed by atoms with E-state index < -0.39 is 11.9 Å². The smallest absolute Gasteiger partial charge is 0.307 e. The predicted molar refractivity (Wildman–Crippen MR) is 109 cm³/mol. The summed E-state index contributed by atoms with van der Waals surface area (Å²) < 4.78 is 0. The van der Waals surface area contributed by atoms with Gasteiger partial charge in [-0.15, -0.1) is 0 Å². The molecule has 1 fully saturated rings. The number of hydrogen-bond donors (Lipinski definition) is 2. The zero-order valence-corrected chi connectivity index (χ0v) is 16.3. The molecule has 0 spiro atoms. The quantitative estimate of drug-likeness (QED) is 0.774. The molecule has 0 saturated carbocycles. The minimum atomic E-state index is -0.775. The minimum Gasteiger partial charge on any atom is -0.481 e. The summed E-state index contributed by atoms with van der Waals surface area (Å²) >= 11 is 0. The summed E-state index contributed by atoms with van der Waals surface area (Å²) in [7, 11) is 0. The van der Waals surface area contributed by atoms with Crippen LogP contribution >= 0.6 is 0 Å². The van der Waals surface area contributed by atoms with Gasteiger partial charge in [0.1, 0.15) is 0 Å². The maximum Gasteiger partial charge on any atom is 0.307 e. The molecule has 1 amide bonds. The fourth-order valence-electron chi connectivity index (χ4n) is 4.00. The van der Waals surface area contributed by atoms with Crippen molar-refractivity contribution in [1.82, 2.24) is 10.2 Å². The van der Waals surface area contributed by atoms with E-state index in [0.29, 0.717) is 19.4 Å². The molecule has 3 rings (SSSR count). The van der Waals surface area contributed by atoms with Crippen molar-refractivity contribution in [3.63, 3.8) is 0 Å². The molecular formula is C23H28N2O3. The summed E-state index contributed by atoms with van der Waals surface area (Å²) in [6, 6.07) is 20.0. The molecule has 0 radical (unpaired) electrons. The van der Waals surface area contributed by atoms with Gasteiger partial charge in [0.25, 0.3) is 0 Å². The number of piperidine rings is 1. The lowest BCUT2D eigenvalue weighted by Crippen LogP contribution is -2.47. The summed E-state index contributed by atoms with van der Waals surface area (Å²) in [4.78, 5) is 26.1. The monoisotopic (exact) mass is 380 g/mol. The van der Waals surface area contributed by atoms with E-state index in [0.717, 1.165) is 17.7 Å². The SMILES string of the molecule is CC1CC(C(=O)O)CN(CC(=O)NC(Cc2ccccc2)c2ccccc2)C1. The van der Waals surface area contributed by atoms with Crippen molar-refractivity contribution in [3.05, 3.63) is 71.8 Å². The Morgan fingerprint density at radius 3 is 2.36 bits per heavy atom. The first kappa shape index (κ1) is 20.1. The van der Waals surface area contributed by atoms with Crippen LogP contribution in [0.3, 0.4) is 0 Å². The molecule has 3 unspecified atom stereocenters.